The fourth-order valence-corrected chi connectivity index (χ4v) is 2.81. The molecule has 0 saturated heterocycles. The molecular weight excluding hydrogens is 325 g/mol. The lowest BCUT2D eigenvalue weighted by Crippen LogP contribution is -2.37. The molecule has 1 aliphatic rings. The highest BCUT2D eigenvalue weighted by Crippen LogP contribution is 2.45. The number of carbonyl (C=O) groups excluding carboxylic acids is 1. The predicted molar refractivity (Wildman–Crippen MR) is 84.0 cm³/mol. The Balaban J connectivity index is 1.52. The molecule has 22 heavy (non-hydrogen) atoms. The highest BCUT2D eigenvalue weighted by Gasteiger charge is 2.40. The van der Waals surface area contributed by atoms with E-state index in [4.69, 9.17) is 23.2 Å². The number of halogens is 2. The van der Waals surface area contributed by atoms with E-state index in [2.05, 4.69) is 20.7 Å². The number of rotatable bonds is 4. The van der Waals surface area contributed by atoms with Gasteiger partial charge in [0.1, 0.15) is 12.2 Å². The van der Waals surface area contributed by atoms with Crippen molar-refractivity contribution in [3.05, 3.63) is 46.0 Å². The molecule has 1 aromatic heterocycles. The molecule has 6 nitrogen and oxygen atoms in total. The van der Waals surface area contributed by atoms with Gasteiger partial charge in [-0.15, -0.1) is 0 Å². The number of aromatic nitrogens is 3. The Hall–Kier alpha value is -1.79. The first kappa shape index (κ1) is 15.1. The van der Waals surface area contributed by atoms with Crippen molar-refractivity contribution in [3.8, 4) is 0 Å². The average Bonchev–Trinajstić information content (AvgIpc) is 3.11. The SMILES string of the molecule is Cn1ncnc1CNC(=O)N[C@H]1C[C@@H]1c1cccc(Cl)c1Cl. The maximum absolute atomic E-state index is 11.9. The number of urea groups is 1. The number of nitrogens with zero attached hydrogens (tertiary/aromatic N) is 3. The van der Waals surface area contributed by atoms with Gasteiger partial charge in [-0.2, -0.15) is 5.10 Å². The molecule has 1 heterocycles. The molecule has 0 aliphatic heterocycles. The van der Waals surface area contributed by atoms with Crippen LogP contribution in [0.3, 0.4) is 0 Å². The first-order chi connectivity index (χ1) is 10.6. The summed E-state index contributed by atoms with van der Waals surface area (Å²) in [6, 6.07) is 5.42. The van der Waals surface area contributed by atoms with Gasteiger partial charge in [0.25, 0.3) is 0 Å². The van der Waals surface area contributed by atoms with Gasteiger partial charge in [0.05, 0.1) is 16.6 Å². The molecule has 3 rings (SSSR count). The smallest absolute Gasteiger partial charge is 0.315 e. The van der Waals surface area contributed by atoms with Crippen molar-refractivity contribution in [1.82, 2.24) is 25.4 Å². The molecule has 0 bridgehead atoms. The zero-order chi connectivity index (χ0) is 15.7. The van der Waals surface area contributed by atoms with Crippen LogP contribution in [0.5, 0.6) is 0 Å². The minimum atomic E-state index is -0.228. The fraction of sp³-hybridized carbons (Fsp3) is 0.357. The highest BCUT2D eigenvalue weighted by atomic mass is 35.5. The van der Waals surface area contributed by atoms with Crippen molar-refractivity contribution in [2.75, 3.05) is 0 Å². The number of benzene rings is 1. The van der Waals surface area contributed by atoms with Crippen LogP contribution < -0.4 is 10.6 Å². The van der Waals surface area contributed by atoms with Gasteiger partial charge in [-0.05, 0) is 18.1 Å². The van der Waals surface area contributed by atoms with Gasteiger partial charge in [-0.1, -0.05) is 35.3 Å². The number of carbonyl (C=O) groups is 1. The van der Waals surface area contributed by atoms with Crippen LogP contribution >= 0.6 is 23.2 Å². The third-order valence-electron chi connectivity index (χ3n) is 3.70. The van der Waals surface area contributed by atoms with Gasteiger partial charge in [-0.25, -0.2) is 9.78 Å². The molecule has 8 heteroatoms. The van der Waals surface area contributed by atoms with E-state index in [1.165, 1.54) is 6.33 Å². The van der Waals surface area contributed by atoms with Crippen LogP contribution in [0.1, 0.15) is 23.7 Å². The van der Waals surface area contributed by atoms with Gasteiger partial charge in [0.2, 0.25) is 0 Å². The lowest BCUT2D eigenvalue weighted by atomic mass is 10.1. The summed E-state index contributed by atoms with van der Waals surface area (Å²) in [5, 5.41) is 10.7. The normalized spacial score (nSPS) is 19.8. The second-order valence-corrected chi connectivity index (χ2v) is 6.00. The van der Waals surface area contributed by atoms with E-state index in [0.29, 0.717) is 22.4 Å². The molecule has 1 aromatic carbocycles. The molecule has 2 N–H and O–H groups in total. The molecule has 0 radical (unpaired) electrons. The zero-order valence-electron chi connectivity index (χ0n) is 11.9. The third kappa shape index (κ3) is 3.18. The molecule has 116 valence electrons. The summed E-state index contributed by atoms with van der Waals surface area (Å²) in [7, 11) is 1.78. The lowest BCUT2D eigenvalue weighted by molar-refractivity contribution is 0.239. The lowest BCUT2D eigenvalue weighted by Gasteiger charge is -2.08. The fourth-order valence-electron chi connectivity index (χ4n) is 2.36. The second kappa shape index (κ2) is 6.14. The summed E-state index contributed by atoms with van der Waals surface area (Å²) in [6.45, 7) is 0.331. The maximum Gasteiger partial charge on any atom is 0.315 e. The van der Waals surface area contributed by atoms with Crippen molar-refractivity contribution >= 4 is 29.2 Å². The Morgan fingerprint density at radius 1 is 1.45 bits per heavy atom. The van der Waals surface area contributed by atoms with E-state index in [1.54, 1.807) is 17.8 Å². The van der Waals surface area contributed by atoms with Crippen molar-refractivity contribution in [3.63, 3.8) is 0 Å². The van der Waals surface area contributed by atoms with Crippen molar-refractivity contribution < 1.29 is 4.79 Å². The zero-order valence-corrected chi connectivity index (χ0v) is 13.4. The van der Waals surface area contributed by atoms with Crippen LogP contribution in [0.15, 0.2) is 24.5 Å². The molecule has 2 amide bonds. The van der Waals surface area contributed by atoms with Gasteiger partial charge in [-0.3, -0.25) is 4.68 Å². The standard InChI is InChI=1S/C14H15Cl2N5O/c1-21-12(18-7-19-21)6-17-14(22)20-11-5-9(11)8-3-2-4-10(15)13(8)16/h2-4,7,9,11H,5-6H2,1H3,(H2,17,20,22)/t9-,11+/m1/s1. The molecule has 2 aromatic rings. The van der Waals surface area contributed by atoms with E-state index >= 15 is 0 Å². The van der Waals surface area contributed by atoms with E-state index < -0.39 is 0 Å². The molecule has 2 atom stereocenters. The topological polar surface area (TPSA) is 71.8 Å². The molecule has 0 unspecified atom stereocenters. The summed E-state index contributed by atoms with van der Waals surface area (Å²) < 4.78 is 1.62. The molecule has 1 fully saturated rings. The molecule has 1 saturated carbocycles. The summed E-state index contributed by atoms with van der Waals surface area (Å²) in [5.41, 5.74) is 0.979. The Morgan fingerprint density at radius 3 is 3.00 bits per heavy atom. The van der Waals surface area contributed by atoms with Gasteiger partial charge >= 0.3 is 6.03 Å². The highest BCUT2D eigenvalue weighted by molar-refractivity contribution is 6.42. The molecule has 0 spiro atoms. The van der Waals surface area contributed by atoms with E-state index in [0.717, 1.165) is 12.0 Å². The largest absolute Gasteiger partial charge is 0.335 e. The van der Waals surface area contributed by atoms with Crippen molar-refractivity contribution in [2.45, 2.75) is 24.9 Å². The van der Waals surface area contributed by atoms with Crippen molar-refractivity contribution in [1.29, 1.82) is 0 Å². The van der Waals surface area contributed by atoms with Crippen LogP contribution in [0.25, 0.3) is 0 Å². The minimum absolute atomic E-state index is 0.0791. The number of hydrogen-bond acceptors (Lipinski definition) is 3. The monoisotopic (exact) mass is 339 g/mol. The molecule has 1 aliphatic carbocycles. The predicted octanol–water partition coefficient (Wildman–Crippen LogP) is 2.48. The van der Waals surface area contributed by atoms with Crippen molar-refractivity contribution in [2.24, 2.45) is 7.05 Å². The van der Waals surface area contributed by atoms with E-state index in [-0.39, 0.29) is 18.0 Å². The first-order valence-electron chi connectivity index (χ1n) is 6.87. The molecular formula is C14H15Cl2N5O. The van der Waals surface area contributed by atoms with Crippen LogP contribution in [0.2, 0.25) is 10.0 Å². The van der Waals surface area contributed by atoms with E-state index in [9.17, 15) is 4.79 Å². The summed E-state index contributed by atoms with van der Waals surface area (Å²) in [4.78, 5) is 15.9. The Morgan fingerprint density at radius 2 is 2.27 bits per heavy atom. The quantitative estimate of drug-likeness (QED) is 0.898. The Bertz CT molecular complexity index is 702. The van der Waals surface area contributed by atoms with Gasteiger partial charge < -0.3 is 10.6 Å². The number of nitrogens with one attached hydrogen (secondary N) is 2. The first-order valence-corrected chi connectivity index (χ1v) is 7.63. The summed E-state index contributed by atoms with van der Waals surface area (Å²) in [6.07, 6.45) is 2.31. The summed E-state index contributed by atoms with van der Waals surface area (Å²) in [5.74, 6) is 0.909. The minimum Gasteiger partial charge on any atom is -0.335 e. The number of hydrogen-bond donors (Lipinski definition) is 2. The summed E-state index contributed by atoms with van der Waals surface area (Å²) >= 11 is 12.2. The van der Waals surface area contributed by atoms with Gasteiger partial charge in [0, 0.05) is 19.0 Å². The van der Waals surface area contributed by atoms with Gasteiger partial charge in [0.15, 0.2) is 0 Å². The Labute approximate surface area is 137 Å². The Kier molecular flexibility index (Phi) is 4.22. The van der Waals surface area contributed by atoms with Crippen LogP contribution in [-0.2, 0) is 13.6 Å². The maximum atomic E-state index is 11.9. The number of amides is 2. The van der Waals surface area contributed by atoms with Crippen LogP contribution in [-0.4, -0.2) is 26.8 Å². The number of aryl methyl sites for hydroxylation is 1. The van der Waals surface area contributed by atoms with Crippen LogP contribution in [0, 0.1) is 0 Å². The third-order valence-corrected chi connectivity index (χ3v) is 4.53. The second-order valence-electron chi connectivity index (χ2n) is 5.22. The average molecular weight is 340 g/mol. The van der Waals surface area contributed by atoms with Crippen LogP contribution in [0.4, 0.5) is 4.79 Å². The van der Waals surface area contributed by atoms with E-state index in [1.807, 2.05) is 12.1 Å².